The van der Waals surface area contributed by atoms with Gasteiger partial charge in [-0.2, -0.15) is 0 Å². The van der Waals surface area contributed by atoms with Crippen molar-refractivity contribution < 1.29 is 19.4 Å². The van der Waals surface area contributed by atoms with Crippen molar-refractivity contribution in [1.29, 1.82) is 0 Å². The van der Waals surface area contributed by atoms with Crippen LogP contribution in [0.2, 0.25) is 0 Å². The van der Waals surface area contributed by atoms with Gasteiger partial charge in [0.25, 0.3) is 0 Å². The number of ether oxygens (including phenoxy) is 1. The van der Waals surface area contributed by atoms with Crippen molar-refractivity contribution in [3.63, 3.8) is 0 Å². The van der Waals surface area contributed by atoms with Gasteiger partial charge in [0.15, 0.2) is 0 Å². The van der Waals surface area contributed by atoms with Crippen molar-refractivity contribution in [2.75, 3.05) is 11.1 Å². The van der Waals surface area contributed by atoms with E-state index in [0.717, 1.165) is 0 Å². The van der Waals surface area contributed by atoms with Crippen LogP contribution in [0.3, 0.4) is 0 Å². The molecule has 0 saturated carbocycles. The number of carboxylic acid groups (broad SMARTS) is 1. The van der Waals surface area contributed by atoms with Gasteiger partial charge in [0.05, 0.1) is 17.4 Å². The molecule has 92 valence electrons. The molecular formula is C11H14N2O4. The predicted molar refractivity (Wildman–Crippen MR) is 63.1 cm³/mol. The van der Waals surface area contributed by atoms with E-state index in [0.29, 0.717) is 5.69 Å². The fraction of sp³-hybridized carbons (Fsp3) is 0.273. The van der Waals surface area contributed by atoms with Gasteiger partial charge in [-0.05, 0) is 32.0 Å². The molecule has 0 unspecified atom stereocenters. The normalized spacial score (nSPS) is 10.1. The Morgan fingerprint density at radius 1 is 1.41 bits per heavy atom. The van der Waals surface area contributed by atoms with E-state index >= 15 is 0 Å². The highest BCUT2D eigenvalue weighted by Gasteiger charge is 2.13. The number of rotatable bonds is 3. The number of carbonyl (C=O) groups excluding carboxylic acids is 1. The summed E-state index contributed by atoms with van der Waals surface area (Å²) in [5.41, 5.74) is 5.95. The Morgan fingerprint density at radius 3 is 2.59 bits per heavy atom. The Hall–Kier alpha value is -2.24. The Balaban J connectivity index is 2.92. The Bertz CT molecular complexity index is 443. The third-order valence-electron chi connectivity index (χ3n) is 1.85. The van der Waals surface area contributed by atoms with Gasteiger partial charge in [-0.25, -0.2) is 9.59 Å². The van der Waals surface area contributed by atoms with E-state index < -0.39 is 12.1 Å². The van der Waals surface area contributed by atoms with E-state index in [1.165, 1.54) is 18.2 Å². The summed E-state index contributed by atoms with van der Waals surface area (Å²) >= 11 is 0. The molecule has 6 nitrogen and oxygen atoms in total. The molecular weight excluding hydrogens is 224 g/mol. The minimum atomic E-state index is -1.15. The highest BCUT2D eigenvalue weighted by molar-refractivity contribution is 5.99. The zero-order chi connectivity index (χ0) is 13.0. The van der Waals surface area contributed by atoms with Crippen molar-refractivity contribution in [3.05, 3.63) is 23.8 Å². The molecule has 0 aromatic heterocycles. The van der Waals surface area contributed by atoms with Crippen molar-refractivity contribution in [3.8, 4) is 0 Å². The van der Waals surface area contributed by atoms with Gasteiger partial charge in [0.2, 0.25) is 0 Å². The Kier molecular flexibility index (Phi) is 3.92. The third kappa shape index (κ3) is 3.67. The zero-order valence-electron chi connectivity index (χ0n) is 9.56. The summed E-state index contributed by atoms with van der Waals surface area (Å²) in [7, 11) is 0. The molecule has 0 heterocycles. The second kappa shape index (κ2) is 5.20. The molecule has 0 spiro atoms. The predicted octanol–water partition coefficient (Wildman–Crippen LogP) is 1.92. The van der Waals surface area contributed by atoms with Gasteiger partial charge in [-0.1, -0.05) is 0 Å². The number of benzene rings is 1. The smallest absolute Gasteiger partial charge is 0.411 e. The largest absolute Gasteiger partial charge is 0.478 e. The summed E-state index contributed by atoms with van der Waals surface area (Å²) in [5.74, 6) is -1.15. The second-order valence-corrected chi connectivity index (χ2v) is 3.69. The van der Waals surface area contributed by atoms with E-state index in [1.807, 2.05) is 0 Å². The Labute approximate surface area is 98.4 Å². The maximum atomic E-state index is 11.3. The van der Waals surface area contributed by atoms with Crippen LogP contribution in [-0.4, -0.2) is 23.3 Å². The number of anilines is 2. The molecule has 17 heavy (non-hydrogen) atoms. The quantitative estimate of drug-likeness (QED) is 0.698. The maximum Gasteiger partial charge on any atom is 0.411 e. The van der Waals surface area contributed by atoms with E-state index in [2.05, 4.69) is 5.32 Å². The van der Waals surface area contributed by atoms with Gasteiger partial charge in [-0.3, -0.25) is 5.32 Å². The first-order chi connectivity index (χ1) is 7.90. The third-order valence-corrected chi connectivity index (χ3v) is 1.85. The number of amides is 1. The molecule has 6 heteroatoms. The number of aromatic carboxylic acids is 1. The van der Waals surface area contributed by atoms with Crippen LogP contribution in [0.1, 0.15) is 24.2 Å². The lowest BCUT2D eigenvalue weighted by atomic mass is 10.1. The van der Waals surface area contributed by atoms with Crippen molar-refractivity contribution in [2.24, 2.45) is 0 Å². The molecule has 0 aliphatic rings. The lowest BCUT2D eigenvalue weighted by Crippen LogP contribution is -2.19. The first-order valence-electron chi connectivity index (χ1n) is 5.00. The van der Waals surface area contributed by atoms with Gasteiger partial charge < -0.3 is 15.6 Å². The van der Waals surface area contributed by atoms with E-state index in [1.54, 1.807) is 13.8 Å². The fourth-order valence-corrected chi connectivity index (χ4v) is 1.21. The van der Waals surface area contributed by atoms with Crippen LogP contribution >= 0.6 is 0 Å². The van der Waals surface area contributed by atoms with Gasteiger partial charge >= 0.3 is 12.1 Å². The number of nitrogens with one attached hydrogen (secondary N) is 1. The summed E-state index contributed by atoms with van der Waals surface area (Å²) in [6.07, 6.45) is -1.00. The van der Waals surface area contributed by atoms with Crippen LogP contribution in [0.25, 0.3) is 0 Å². The maximum absolute atomic E-state index is 11.3. The summed E-state index contributed by atoms with van der Waals surface area (Å²) in [5, 5.41) is 11.3. The lowest BCUT2D eigenvalue weighted by molar-refractivity contribution is 0.0698. The summed E-state index contributed by atoms with van der Waals surface area (Å²) in [6, 6.07) is 4.14. The molecule has 0 fully saturated rings. The second-order valence-electron chi connectivity index (χ2n) is 3.69. The van der Waals surface area contributed by atoms with Crippen molar-refractivity contribution >= 4 is 23.4 Å². The van der Waals surface area contributed by atoms with Gasteiger partial charge in [-0.15, -0.1) is 0 Å². The molecule has 0 aliphatic heterocycles. The zero-order valence-corrected chi connectivity index (χ0v) is 9.56. The molecule has 1 amide bonds. The first-order valence-corrected chi connectivity index (χ1v) is 5.00. The highest BCUT2D eigenvalue weighted by Crippen LogP contribution is 2.19. The molecule has 1 aromatic rings. The van der Waals surface area contributed by atoms with Crippen LogP contribution in [0.4, 0.5) is 16.2 Å². The SMILES string of the molecule is CC(C)OC(=O)Nc1cc(N)ccc1C(=O)O. The topological polar surface area (TPSA) is 102 Å². The van der Waals surface area contributed by atoms with E-state index in [4.69, 9.17) is 15.6 Å². The summed E-state index contributed by atoms with van der Waals surface area (Å²) < 4.78 is 4.84. The first kappa shape index (κ1) is 12.8. The summed E-state index contributed by atoms with van der Waals surface area (Å²) in [4.78, 5) is 22.2. The molecule has 0 saturated heterocycles. The number of hydrogen-bond donors (Lipinski definition) is 3. The molecule has 1 rings (SSSR count). The van der Waals surface area contributed by atoms with Crippen LogP contribution < -0.4 is 11.1 Å². The average Bonchev–Trinajstić information content (AvgIpc) is 2.15. The van der Waals surface area contributed by atoms with Gasteiger partial charge in [0, 0.05) is 5.69 Å². The number of carbonyl (C=O) groups is 2. The molecule has 1 aromatic carbocycles. The van der Waals surface area contributed by atoms with E-state index in [9.17, 15) is 9.59 Å². The van der Waals surface area contributed by atoms with E-state index in [-0.39, 0.29) is 17.4 Å². The Morgan fingerprint density at radius 2 is 2.06 bits per heavy atom. The van der Waals surface area contributed by atoms with Gasteiger partial charge in [0.1, 0.15) is 0 Å². The highest BCUT2D eigenvalue weighted by atomic mass is 16.6. The van der Waals surface area contributed by atoms with Crippen molar-refractivity contribution in [2.45, 2.75) is 20.0 Å². The number of nitrogens with two attached hydrogens (primary N) is 1. The minimum absolute atomic E-state index is 0.0418. The summed E-state index contributed by atoms with van der Waals surface area (Å²) in [6.45, 7) is 3.38. The van der Waals surface area contributed by atoms with Crippen LogP contribution in [-0.2, 0) is 4.74 Å². The molecule has 0 radical (unpaired) electrons. The van der Waals surface area contributed by atoms with Crippen LogP contribution in [0.5, 0.6) is 0 Å². The number of carboxylic acids is 1. The molecule has 4 N–H and O–H groups in total. The van der Waals surface area contributed by atoms with Crippen molar-refractivity contribution in [1.82, 2.24) is 0 Å². The number of nitrogen functional groups attached to an aromatic ring is 1. The van der Waals surface area contributed by atoms with Crippen LogP contribution in [0.15, 0.2) is 18.2 Å². The lowest BCUT2D eigenvalue weighted by Gasteiger charge is -2.11. The molecule has 0 bridgehead atoms. The average molecular weight is 238 g/mol. The minimum Gasteiger partial charge on any atom is -0.478 e. The molecule has 0 atom stereocenters. The van der Waals surface area contributed by atoms with Crippen LogP contribution in [0, 0.1) is 0 Å². The fourth-order valence-electron chi connectivity index (χ4n) is 1.21. The monoisotopic (exact) mass is 238 g/mol. The standard InChI is InChI=1S/C11H14N2O4/c1-6(2)17-11(16)13-9-5-7(12)3-4-8(9)10(14)15/h3-6H,12H2,1-2H3,(H,13,16)(H,14,15). The number of hydrogen-bond acceptors (Lipinski definition) is 4. The molecule has 0 aliphatic carbocycles.